The van der Waals surface area contributed by atoms with Crippen LogP contribution in [0.3, 0.4) is 0 Å². The van der Waals surface area contributed by atoms with Gasteiger partial charge in [-0.1, -0.05) is 52.8 Å². The van der Waals surface area contributed by atoms with Crippen LogP contribution in [0.5, 0.6) is 5.75 Å². The molecule has 0 spiro atoms. The summed E-state index contributed by atoms with van der Waals surface area (Å²) in [5, 5.41) is 5.58. The lowest BCUT2D eigenvalue weighted by molar-refractivity contribution is -0.119. The van der Waals surface area contributed by atoms with Crippen LogP contribution in [0.2, 0.25) is 0 Å². The molecule has 0 aromatic heterocycles. The number of carbonyl (C=O) groups is 2. The number of carbonyl (C=O) groups excluding carboxylic acids is 2. The minimum atomic E-state index is -0.262. The number of amides is 2. The fourth-order valence-corrected chi connectivity index (χ4v) is 2.36. The average Bonchev–Trinajstić information content (AvgIpc) is 2.60. The van der Waals surface area contributed by atoms with Gasteiger partial charge in [-0.3, -0.25) is 9.59 Å². The lowest BCUT2D eigenvalue weighted by Crippen LogP contribution is -2.21. The quantitative estimate of drug-likeness (QED) is 0.783. The average molecular weight is 368 g/mol. The van der Waals surface area contributed by atoms with Gasteiger partial charge in [-0.2, -0.15) is 0 Å². The molecule has 27 heavy (non-hydrogen) atoms. The zero-order valence-electron chi connectivity index (χ0n) is 16.6. The van der Waals surface area contributed by atoms with E-state index >= 15 is 0 Å². The highest BCUT2D eigenvalue weighted by Crippen LogP contribution is 2.24. The summed E-state index contributed by atoms with van der Waals surface area (Å²) in [5.41, 5.74) is 2.53. The largest absolute Gasteiger partial charge is 0.484 e. The summed E-state index contributed by atoms with van der Waals surface area (Å²) in [6.45, 7) is 10.0. The van der Waals surface area contributed by atoms with E-state index in [4.69, 9.17) is 4.74 Å². The van der Waals surface area contributed by atoms with Crippen molar-refractivity contribution in [2.75, 3.05) is 17.2 Å². The molecule has 0 bridgehead atoms. The summed E-state index contributed by atoms with van der Waals surface area (Å²) >= 11 is 0. The maximum Gasteiger partial charge on any atom is 0.262 e. The Hall–Kier alpha value is -2.82. The highest BCUT2D eigenvalue weighted by Gasteiger charge is 2.13. The Labute approximate surface area is 161 Å². The van der Waals surface area contributed by atoms with Crippen LogP contribution < -0.4 is 15.4 Å². The van der Waals surface area contributed by atoms with Gasteiger partial charge in [0, 0.05) is 17.3 Å². The second kappa shape index (κ2) is 8.71. The van der Waals surface area contributed by atoms with Gasteiger partial charge in [0.2, 0.25) is 5.91 Å². The standard InChI is InChI=1S/C22H28N2O3/c1-15(2)21(26)24-18-8-6-7-17(13-18)23-20(25)14-27-19-11-9-16(10-12-19)22(3,4)5/h6-13,15H,14H2,1-5H3,(H,23,25)(H,24,26). The molecule has 0 atom stereocenters. The summed E-state index contributed by atoms with van der Waals surface area (Å²) in [7, 11) is 0. The maximum absolute atomic E-state index is 12.1. The molecule has 5 heteroatoms. The number of benzene rings is 2. The number of hydrogen-bond acceptors (Lipinski definition) is 3. The highest BCUT2D eigenvalue weighted by molar-refractivity contribution is 5.95. The Morgan fingerprint density at radius 2 is 1.56 bits per heavy atom. The van der Waals surface area contributed by atoms with Crippen LogP contribution in [0.15, 0.2) is 48.5 Å². The van der Waals surface area contributed by atoms with Gasteiger partial charge in [0.05, 0.1) is 0 Å². The number of rotatable bonds is 6. The van der Waals surface area contributed by atoms with E-state index in [1.807, 2.05) is 38.1 Å². The van der Waals surface area contributed by atoms with E-state index in [0.717, 1.165) is 0 Å². The molecule has 2 rings (SSSR count). The molecule has 2 aromatic rings. The van der Waals surface area contributed by atoms with E-state index in [1.165, 1.54) is 5.56 Å². The van der Waals surface area contributed by atoms with Gasteiger partial charge < -0.3 is 15.4 Å². The van der Waals surface area contributed by atoms with Crippen molar-refractivity contribution in [2.24, 2.45) is 5.92 Å². The van der Waals surface area contributed by atoms with Crippen molar-refractivity contribution >= 4 is 23.2 Å². The molecule has 144 valence electrons. The van der Waals surface area contributed by atoms with Crippen LogP contribution in [0, 0.1) is 5.92 Å². The molecule has 0 aliphatic heterocycles. The predicted octanol–water partition coefficient (Wildman–Crippen LogP) is 4.60. The van der Waals surface area contributed by atoms with Crippen LogP contribution in [-0.2, 0) is 15.0 Å². The van der Waals surface area contributed by atoms with Crippen molar-refractivity contribution in [3.63, 3.8) is 0 Å². The summed E-state index contributed by atoms with van der Waals surface area (Å²) in [6.07, 6.45) is 0. The number of nitrogens with one attached hydrogen (secondary N) is 2. The van der Waals surface area contributed by atoms with E-state index in [-0.39, 0.29) is 29.8 Å². The fraction of sp³-hybridized carbons (Fsp3) is 0.364. The molecule has 0 radical (unpaired) electrons. The van der Waals surface area contributed by atoms with Crippen molar-refractivity contribution < 1.29 is 14.3 Å². The third-order valence-corrected chi connectivity index (χ3v) is 4.03. The molecule has 0 aliphatic carbocycles. The normalized spacial score (nSPS) is 11.2. The van der Waals surface area contributed by atoms with Crippen molar-refractivity contribution in [2.45, 2.75) is 40.0 Å². The van der Waals surface area contributed by atoms with E-state index < -0.39 is 0 Å². The molecule has 2 aromatic carbocycles. The summed E-state index contributed by atoms with van der Waals surface area (Å²) < 4.78 is 5.55. The van der Waals surface area contributed by atoms with Gasteiger partial charge in [0.25, 0.3) is 5.91 Å². The molecule has 0 unspecified atom stereocenters. The molecule has 0 heterocycles. The first kappa shape index (κ1) is 20.5. The molecular formula is C22H28N2O3. The minimum Gasteiger partial charge on any atom is -0.484 e. The SMILES string of the molecule is CC(C)C(=O)Nc1cccc(NC(=O)COc2ccc(C(C)(C)C)cc2)c1. The van der Waals surface area contributed by atoms with E-state index in [9.17, 15) is 9.59 Å². The van der Waals surface area contributed by atoms with Crippen LogP contribution in [0.25, 0.3) is 0 Å². The Bertz CT molecular complexity index is 790. The smallest absolute Gasteiger partial charge is 0.262 e. The zero-order valence-corrected chi connectivity index (χ0v) is 16.6. The van der Waals surface area contributed by atoms with Gasteiger partial charge >= 0.3 is 0 Å². The summed E-state index contributed by atoms with van der Waals surface area (Å²) in [6, 6.07) is 14.8. The lowest BCUT2D eigenvalue weighted by Gasteiger charge is -2.19. The first-order valence-corrected chi connectivity index (χ1v) is 9.09. The van der Waals surface area contributed by atoms with Gasteiger partial charge in [0.15, 0.2) is 6.61 Å². The second-order valence-electron chi connectivity index (χ2n) is 7.84. The van der Waals surface area contributed by atoms with Crippen molar-refractivity contribution in [1.82, 2.24) is 0 Å². The molecule has 5 nitrogen and oxygen atoms in total. The number of hydrogen-bond donors (Lipinski definition) is 2. The molecule has 0 saturated heterocycles. The van der Waals surface area contributed by atoms with Crippen LogP contribution in [0.4, 0.5) is 11.4 Å². The Morgan fingerprint density at radius 1 is 0.963 bits per heavy atom. The first-order valence-electron chi connectivity index (χ1n) is 9.09. The Morgan fingerprint density at radius 3 is 2.11 bits per heavy atom. The monoisotopic (exact) mass is 368 g/mol. The Balaban J connectivity index is 1.89. The predicted molar refractivity (Wildman–Crippen MR) is 109 cm³/mol. The number of ether oxygens (including phenoxy) is 1. The molecule has 2 N–H and O–H groups in total. The zero-order chi connectivity index (χ0) is 20.0. The van der Waals surface area contributed by atoms with E-state index in [2.05, 4.69) is 31.4 Å². The topological polar surface area (TPSA) is 67.4 Å². The molecular weight excluding hydrogens is 340 g/mol. The second-order valence-corrected chi connectivity index (χ2v) is 7.84. The molecule has 2 amide bonds. The van der Waals surface area contributed by atoms with E-state index in [1.54, 1.807) is 24.3 Å². The summed E-state index contributed by atoms with van der Waals surface area (Å²) in [5.74, 6) is 0.208. The first-order chi connectivity index (χ1) is 12.6. The maximum atomic E-state index is 12.1. The molecule has 0 saturated carbocycles. The lowest BCUT2D eigenvalue weighted by atomic mass is 9.87. The Kier molecular flexibility index (Phi) is 6.61. The minimum absolute atomic E-state index is 0.0690. The van der Waals surface area contributed by atoms with Crippen LogP contribution in [-0.4, -0.2) is 18.4 Å². The fourth-order valence-electron chi connectivity index (χ4n) is 2.36. The third-order valence-electron chi connectivity index (χ3n) is 4.03. The van der Waals surface area contributed by atoms with Gasteiger partial charge in [-0.25, -0.2) is 0 Å². The van der Waals surface area contributed by atoms with Crippen molar-refractivity contribution in [3.8, 4) is 5.75 Å². The van der Waals surface area contributed by atoms with Crippen molar-refractivity contribution in [1.29, 1.82) is 0 Å². The van der Waals surface area contributed by atoms with E-state index in [0.29, 0.717) is 17.1 Å². The highest BCUT2D eigenvalue weighted by atomic mass is 16.5. The van der Waals surface area contributed by atoms with Crippen LogP contribution >= 0.6 is 0 Å². The number of anilines is 2. The van der Waals surface area contributed by atoms with Gasteiger partial charge in [-0.15, -0.1) is 0 Å². The third kappa shape index (κ3) is 6.44. The molecule has 0 fully saturated rings. The molecule has 0 aliphatic rings. The van der Waals surface area contributed by atoms with Crippen molar-refractivity contribution in [3.05, 3.63) is 54.1 Å². The van der Waals surface area contributed by atoms with Gasteiger partial charge in [-0.05, 0) is 41.3 Å². The summed E-state index contributed by atoms with van der Waals surface area (Å²) in [4.78, 5) is 23.9. The van der Waals surface area contributed by atoms with Crippen LogP contribution in [0.1, 0.15) is 40.2 Å². The van der Waals surface area contributed by atoms with Gasteiger partial charge in [0.1, 0.15) is 5.75 Å².